The van der Waals surface area contributed by atoms with Crippen molar-refractivity contribution in [3.8, 4) is 0 Å². The van der Waals surface area contributed by atoms with Crippen molar-refractivity contribution in [2.24, 2.45) is 0 Å². The molecule has 0 spiro atoms. The SMILES string of the molecule is CCC(Sc1ccnc(C)c1)C(=O)O. The van der Waals surface area contributed by atoms with Gasteiger partial charge in [0.15, 0.2) is 0 Å². The van der Waals surface area contributed by atoms with Crippen molar-refractivity contribution in [2.45, 2.75) is 30.4 Å². The van der Waals surface area contributed by atoms with Crippen LogP contribution < -0.4 is 0 Å². The van der Waals surface area contributed by atoms with Crippen molar-refractivity contribution in [3.05, 3.63) is 24.0 Å². The van der Waals surface area contributed by atoms with E-state index in [1.807, 2.05) is 26.0 Å². The first-order chi connectivity index (χ1) is 6.63. The monoisotopic (exact) mass is 211 g/mol. The van der Waals surface area contributed by atoms with Gasteiger partial charge in [-0.15, -0.1) is 11.8 Å². The predicted molar refractivity (Wildman–Crippen MR) is 56.5 cm³/mol. The number of carboxylic acids is 1. The molecule has 1 unspecified atom stereocenters. The van der Waals surface area contributed by atoms with Gasteiger partial charge in [-0.3, -0.25) is 9.78 Å². The highest BCUT2D eigenvalue weighted by atomic mass is 32.2. The molecule has 1 N–H and O–H groups in total. The summed E-state index contributed by atoms with van der Waals surface area (Å²) >= 11 is 1.37. The fourth-order valence-corrected chi connectivity index (χ4v) is 2.04. The molecule has 1 aromatic rings. The topological polar surface area (TPSA) is 50.2 Å². The summed E-state index contributed by atoms with van der Waals surface area (Å²) in [5, 5.41) is 8.50. The molecule has 1 heterocycles. The Hall–Kier alpha value is -1.03. The van der Waals surface area contributed by atoms with Crippen molar-refractivity contribution in [1.82, 2.24) is 4.98 Å². The van der Waals surface area contributed by atoms with Crippen molar-refractivity contribution in [2.75, 3.05) is 0 Å². The lowest BCUT2D eigenvalue weighted by molar-refractivity contribution is -0.136. The number of thioether (sulfide) groups is 1. The molecule has 0 aliphatic rings. The molecule has 0 bridgehead atoms. The van der Waals surface area contributed by atoms with Crippen LogP contribution in [0, 0.1) is 6.92 Å². The molecule has 0 aliphatic heterocycles. The highest BCUT2D eigenvalue weighted by molar-refractivity contribution is 8.00. The van der Waals surface area contributed by atoms with E-state index in [1.165, 1.54) is 11.8 Å². The third-order valence-electron chi connectivity index (χ3n) is 1.79. The molecular weight excluding hydrogens is 198 g/mol. The number of aryl methyl sites for hydroxylation is 1. The van der Waals surface area contributed by atoms with Crippen LogP contribution in [-0.4, -0.2) is 21.3 Å². The fourth-order valence-electron chi connectivity index (χ4n) is 1.07. The van der Waals surface area contributed by atoms with Gasteiger partial charge in [0, 0.05) is 16.8 Å². The number of hydrogen-bond donors (Lipinski definition) is 1. The van der Waals surface area contributed by atoms with Crippen LogP contribution in [0.15, 0.2) is 23.2 Å². The standard InChI is InChI=1S/C10H13NO2S/c1-3-9(10(12)13)14-8-4-5-11-7(2)6-8/h4-6,9H,3H2,1-2H3,(H,12,13). The summed E-state index contributed by atoms with van der Waals surface area (Å²) in [4.78, 5) is 15.8. The Kier molecular flexibility index (Phi) is 3.95. The van der Waals surface area contributed by atoms with E-state index in [0.717, 1.165) is 10.6 Å². The van der Waals surface area contributed by atoms with E-state index in [1.54, 1.807) is 6.20 Å². The van der Waals surface area contributed by atoms with Crippen molar-refractivity contribution < 1.29 is 9.90 Å². The van der Waals surface area contributed by atoms with Gasteiger partial charge in [0.2, 0.25) is 0 Å². The number of aliphatic carboxylic acids is 1. The van der Waals surface area contributed by atoms with Gasteiger partial charge in [0.05, 0.1) is 0 Å². The molecule has 0 fully saturated rings. The predicted octanol–water partition coefficient (Wildman–Crippen LogP) is 2.35. The molecule has 0 saturated carbocycles. The molecular formula is C10H13NO2S. The Morgan fingerprint density at radius 1 is 1.71 bits per heavy atom. The van der Waals surface area contributed by atoms with E-state index < -0.39 is 5.97 Å². The van der Waals surface area contributed by atoms with Crippen molar-refractivity contribution in [3.63, 3.8) is 0 Å². The van der Waals surface area contributed by atoms with Gasteiger partial charge in [-0.05, 0) is 25.5 Å². The summed E-state index contributed by atoms with van der Waals surface area (Å²) in [7, 11) is 0. The lowest BCUT2D eigenvalue weighted by Crippen LogP contribution is -2.14. The van der Waals surface area contributed by atoms with E-state index >= 15 is 0 Å². The Morgan fingerprint density at radius 3 is 2.93 bits per heavy atom. The molecule has 1 rings (SSSR count). The summed E-state index contributed by atoms with van der Waals surface area (Å²) < 4.78 is 0. The number of rotatable bonds is 4. The summed E-state index contributed by atoms with van der Waals surface area (Å²) in [5.74, 6) is -0.757. The second-order valence-corrected chi connectivity index (χ2v) is 4.26. The molecule has 0 amide bonds. The average molecular weight is 211 g/mol. The fraction of sp³-hybridized carbons (Fsp3) is 0.400. The second-order valence-electron chi connectivity index (χ2n) is 2.99. The molecule has 4 heteroatoms. The molecule has 0 aliphatic carbocycles. The molecule has 3 nitrogen and oxygen atoms in total. The minimum atomic E-state index is -0.757. The largest absolute Gasteiger partial charge is 0.480 e. The Morgan fingerprint density at radius 2 is 2.43 bits per heavy atom. The van der Waals surface area contributed by atoms with E-state index in [9.17, 15) is 4.79 Å². The molecule has 76 valence electrons. The van der Waals surface area contributed by atoms with Crippen LogP contribution >= 0.6 is 11.8 Å². The lowest BCUT2D eigenvalue weighted by atomic mass is 10.3. The minimum Gasteiger partial charge on any atom is -0.480 e. The van der Waals surface area contributed by atoms with Gasteiger partial charge in [-0.2, -0.15) is 0 Å². The molecule has 1 atom stereocenters. The number of aromatic nitrogens is 1. The van der Waals surface area contributed by atoms with Gasteiger partial charge >= 0.3 is 5.97 Å². The second kappa shape index (κ2) is 5.00. The van der Waals surface area contributed by atoms with Crippen LogP contribution in [0.5, 0.6) is 0 Å². The Bertz CT molecular complexity index is 328. The summed E-state index contributed by atoms with van der Waals surface area (Å²) in [6, 6.07) is 3.74. The summed E-state index contributed by atoms with van der Waals surface area (Å²) in [5.41, 5.74) is 0.912. The maximum Gasteiger partial charge on any atom is 0.316 e. The van der Waals surface area contributed by atoms with Crippen LogP contribution in [0.3, 0.4) is 0 Å². The number of carbonyl (C=O) groups is 1. The van der Waals surface area contributed by atoms with E-state index in [0.29, 0.717) is 6.42 Å². The smallest absolute Gasteiger partial charge is 0.316 e. The van der Waals surface area contributed by atoms with Crippen molar-refractivity contribution >= 4 is 17.7 Å². The number of carboxylic acid groups (broad SMARTS) is 1. The zero-order chi connectivity index (χ0) is 10.6. The Balaban J connectivity index is 2.72. The van der Waals surface area contributed by atoms with E-state index in [-0.39, 0.29) is 5.25 Å². The van der Waals surface area contributed by atoms with Gasteiger partial charge in [-0.1, -0.05) is 6.92 Å². The van der Waals surface area contributed by atoms with E-state index in [4.69, 9.17) is 5.11 Å². The normalized spacial score (nSPS) is 12.4. The van der Waals surface area contributed by atoms with Gasteiger partial charge < -0.3 is 5.11 Å². The van der Waals surface area contributed by atoms with Gasteiger partial charge in [0.1, 0.15) is 5.25 Å². The molecule has 14 heavy (non-hydrogen) atoms. The maximum absolute atomic E-state index is 10.8. The third kappa shape index (κ3) is 3.03. The van der Waals surface area contributed by atoms with Crippen LogP contribution in [-0.2, 0) is 4.79 Å². The maximum atomic E-state index is 10.8. The summed E-state index contributed by atoms with van der Waals surface area (Å²) in [6.07, 6.45) is 2.33. The minimum absolute atomic E-state index is 0.364. The quantitative estimate of drug-likeness (QED) is 0.777. The van der Waals surface area contributed by atoms with Crippen molar-refractivity contribution in [1.29, 1.82) is 0 Å². The first kappa shape index (κ1) is 11.0. The number of nitrogens with zero attached hydrogens (tertiary/aromatic N) is 1. The lowest BCUT2D eigenvalue weighted by Gasteiger charge is -2.08. The zero-order valence-electron chi connectivity index (χ0n) is 8.23. The highest BCUT2D eigenvalue weighted by Gasteiger charge is 2.16. The first-order valence-corrected chi connectivity index (χ1v) is 5.33. The van der Waals surface area contributed by atoms with Crippen LogP contribution in [0.4, 0.5) is 0 Å². The number of pyridine rings is 1. The molecule has 0 saturated heterocycles. The van der Waals surface area contributed by atoms with Crippen LogP contribution in [0.2, 0.25) is 0 Å². The molecule has 0 radical (unpaired) electrons. The highest BCUT2D eigenvalue weighted by Crippen LogP contribution is 2.25. The molecule has 0 aromatic carbocycles. The van der Waals surface area contributed by atoms with Crippen LogP contribution in [0.25, 0.3) is 0 Å². The Labute approximate surface area is 87.6 Å². The first-order valence-electron chi connectivity index (χ1n) is 4.45. The average Bonchev–Trinajstić information content (AvgIpc) is 2.14. The zero-order valence-corrected chi connectivity index (χ0v) is 9.04. The van der Waals surface area contributed by atoms with E-state index in [2.05, 4.69) is 4.98 Å². The summed E-state index contributed by atoms with van der Waals surface area (Å²) in [6.45, 7) is 3.77. The van der Waals surface area contributed by atoms with Gasteiger partial charge in [0.25, 0.3) is 0 Å². The third-order valence-corrected chi connectivity index (χ3v) is 3.14. The molecule has 1 aromatic heterocycles. The van der Waals surface area contributed by atoms with Crippen LogP contribution in [0.1, 0.15) is 19.0 Å². The number of hydrogen-bond acceptors (Lipinski definition) is 3. The van der Waals surface area contributed by atoms with Gasteiger partial charge in [-0.25, -0.2) is 0 Å².